The minimum atomic E-state index is -0.151. The number of carbonyl (C=O) groups is 3. The highest BCUT2D eigenvalue weighted by Gasteiger charge is 2.26. The minimum absolute atomic E-state index is 0.0622. The third-order valence-electron chi connectivity index (χ3n) is 7.08. The van der Waals surface area contributed by atoms with Gasteiger partial charge in [0.25, 0.3) is 5.91 Å². The van der Waals surface area contributed by atoms with Crippen LogP contribution in [0.15, 0.2) is 60.7 Å². The molecule has 1 N–H and O–H groups in total. The Labute approximate surface area is 212 Å². The second-order valence-electron chi connectivity index (χ2n) is 9.54. The number of nitrogens with zero attached hydrogens (tertiary/aromatic N) is 2. The van der Waals surface area contributed by atoms with Gasteiger partial charge in [0, 0.05) is 43.0 Å². The Bertz CT molecular complexity index is 1310. The van der Waals surface area contributed by atoms with Crippen LogP contribution >= 0.6 is 0 Å². The van der Waals surface area contributed by atoms with Crippen molar-refractivity contribution in [1.82, 2.24) is 9.80 Å². The highest BCUT2D eigenvalue weighted by molar-refractivity contribution is 6.15. The van der Waals surface area contributed by atoms with E-state index in [0.29, 0.717) is 42.9 Å². The van der Waals surface area contributed by atoms with Gasteiger partial charge in [-0.1, -0.05) is 42.5 Å². The smallest absolute Gasteiger partial charge is 0.254 e. The predicted molar refractivity (Wildman–Crippen MR) is 143 cm³/mol. The summed E-state index contributed by atoms with van der Waals surface area (Å²) in [5, 5.41) is 3.00. The summed E-state index contributed by atoms with van der Waals surface area (Å²) in [6, 6.07) is 18.5. The fourth-order valence-electron chi connectivity index (χ4n) is 4.46. The van der Waals surface area contributed by atoms with Crippen molar-refractivity contribution < 1.29 is 14.4 Å². The van der Waals surface area contributed by atoms with E-state index < -0.39 is 0 Å². The molecule has 1 saturated heterocycles. The summed E-state index contributed by atoms with van der Waals surface area (Å²) in [5.41, 5.74) is 6.62. The molecule has 3 aromatic rings. The summed E-state index contributed by atoms with van der Waals surface area (Å²) in [6.07, 6.45) is 0. The lowest BCUT2D eigenvalue weighted by molar-refractivity contribution is -0.117. The van der Waals surface area contributed by atoms with Gasteiger partial charge in [-0.25, -0.2) is 0 Å². The fraction of sp³-hybridized carbons (Fsp3) is 0.300. The number of anilines is 1. The molecule has 0 aromatic heterocycles. The van der Waals surface area contributed by atoms with E-state index in [2.05, 4.69) is 10.2 Å². The van der Waals surface area contributed by atoms with Crippen molar-refractivity contribution in [2.45, 2.75) is 27.7 Å². The van der Waals surface area contributed by atoms with Crippen molar-refractivity contribution >= 4 is 23.3 Å². The van der Waals surface area contributed by atoms with E-state index in [0.717, 1.165) is 27.9 Å². The average molecular weight is 484 g/mol. The monoisotopic (exact) mass is 483 g/mol. The molecule has 0 bridgehead atoms. The molecule has 6 heteroatoms. The van der Waals surface area contributed by atoms with E-state index in [1.165, 1.54) is 0 Å². The Morgan fingerprint density at radius 3 is 2.14 bits per heavy atom. The van der Waals surface area contributed by atoms with Crippen LogP contribution in [-0.4, -0.2) is 60.1 Å². The predicted octanol–water partition coefficient (Wildman–Crippen LogP) is 4.55. The topological polar surface area (TPSA) is 69.7 Å². The Hall–Kier alpha value is -3.77. The zero-order chi connectivity index (χ0) is 25.8. The van der Waals surface area contributed by atoms with Gasteiger partial charge in [-0.2, -0.15) is 0 Å². The molecular weight excluding hydrogens is 450 g/mol. The van der Waals surface area contributed by atoms with Crippen molar-refractivity contribution in [2.24, 2.45) is 0 Å². The molecule has 0 aliphatic carbocycles. The molecule has 0 spiro atoms. The second kappa shape index (κ2) is 10.9. The molecule has 1 fully saturated rings. The lowest BCUT2D eigenvalue weighted by Gasteiger charge is -2.34. The maximum Gasteiger partial charge on any atom is 0.254 e. The molecular formula is C30H33N3O3. The number of nitrogens with one attached hydrogen (secondary N) is 1. The number of rotatable bonds is 6. The number of ketones is 1. The number of hydrogen-bond donors (Lipinski definition) is 1. The van der Waals surface area contributed by atoms with Crippen molar-refractivity contribution in [1.29, 1.82) is 0 Å². The normalized spacial score (nSPS) is 13.9. The van der Waals surface area contributed by atoms with Crippen molar-refractivity contribution in [3.8, 4) is 0 Å². The first kappa shape index (κ1) is 25.3. The van der Waals surface area contributed by atoms with Gasteiger partial charge in [-0.3, -0.25) is 19.3 Å². The van der Waals surface area contributed by atoms with Crippen LogP contribution in [0.1, 0.15) is 48.5 Å². The molecule has 0 saturated carbocycles. The molecule has 6 nitrogen and oxygen atoms in total. The van der Waals surface area contributed by atoms with E-state index in [1.54, 1.807) is 29.2 Å². The second-order valence-corrected chi connectivity index (χ2v) is 9.54. The number of benzene rings is 3. The van der Waals surface area contributed by atoms with E-state index in [1.807, 2.05) is 64.1 Å². The largest absolute Gasteiger partial charge is 0.336 e. The van der Waals surface area contributed by atoms with Gasteiger partial charge in [0.05, 0.1) is 12.1 Å². The maximum atomic E-state index is 13.4. The van der Waals surface area contributed by atoms with Crippen LogP contribution in [0.2, 0.25) is 0 Å². The van der Waals surface area contributed by atoms with Gasteiger partial charge >= 0.3 is 0 Å². The Balaban J connectivity index is 1.39. The summed E-state index contributed by atoms with van der Waals surface area (Å²) in [7, 11) is 0. The zero-order valence-electron chi connectivity index (χ0n) is 21.4. The molecule has 0 unspecified atom stereocenters. The van der Waals surface area contributed by atoms with Crippen LogP contribution in [-0.2, 0) is 4.79 Å². The number of amides is 2. The van der Waals surface area contributed by atoms with Gasteiger partial charge in [0.2, 0.25) is 5.91 Å². The van der Waals surface area contributed by atoms with Crippen LogP contribution in [0.3, 0.4) is 0 Å². The first-order chi connectivity index (χ1) is 17.2. The summed E-state index contributed by atoms with van der Waals surface area (Å²) in [4.78, 5) is 43.1. The Morgan fingerprint density at radius 1 is 0.750 bits per heavy atom. The summed E-state index contributed by atoms with van der Waals surface area (Å²) in [6.45, 7) is 10.5. The standard InChI is InChI=1S/C30H33N3O3/c1-20-12-13-24(18-22(20)3)29(35)25-9-5-6-10-26(25)30(36)33-16-14-32(15-17-33)19-28(34)31-27-11-7-8-21(2)23(27)4/h5-13,18H,14-17,19H2,1-4H3,(H,31,34). The van der Waals surface area contributed by atoms with Crippen molar-refractivity contribution in [3.63, 3.8) is 0 Å². The van der Waals surface area contributed by atoms with Gasteiger partial charge in [-0.15, -0.1) is 0 Å². The van der Waals surface area contributed by atoms with Gasteiger partial charge < -0.3 is 10.2 Å². The molecule has 3 aromatic carbocycles. The summed E-state index contributed by atoms with van der Waals surface area (Å²) in [5.74, 6) is -0.362. The number of piperazine rings is 1. The zero-order valence-corrected chi connectivity index (χ0v) is 21.4. The van der Waals surface area contributed by atoms with E-state index >= 15 is 0 Å². The van der Waals surface area contributed by atoms with Gasteiger partial charge in [0.1, 0.15) is 0 Å². The van der Waals surface area contributed by atoms with Crippen LogP contribution in [0.25, 0.3) is 0 Å². The molecule has 1 aliphatic rings. The lowest BCUT2D eigenvalue weighted by Crippen LogP contribution is -2.50. The first-order valence-corrected chi connectivity index (χ1v) is 12.3. The SMILES string of the molecule is Cc1ccc(C(=O)c2ccccc2C(=O)N2CCN(CC(=O)Nc3cccc(C)c3C)CC2)cc1C. The third-order valence-corrected chi connectivity index (χ3v) is 7.08. The van der Waals surface area contributed by atoms with E-state index in [4.69, 9.17) is 0 Å². The highest BCUT2D eigenvalue weighted by atomic mass is 16.2. The van der Waals surface area contributed by atoms with Crippen LogP contribution in [0.5, 0.6) is 0 Å². The molecule has 1 heterocycles. The number of hydrogen-bond acceptors (Lipinski definition) is 4. The average Bonchev–Trinajstić information content (AvgIpc) is 2.88. The summed E-state index contributed by atoms with van der Waals surface area (Å²) < 4.78 is 0. The Kier molecular flexibility index (Phi) is 7.65. The Morgan fingerprint density at radius 2 is 1.44 bits per heavy atom. The summed E-state index contributed by atoms with van der Waals surface area (Å²) >= 11 is 0. The molecule has 186 valence electrons. The lowest BCUT2D eigenvalue weighted by atomic mass is 9.95. The third kappa shape index (κ3) is 5.55. The fourth-order valence-corrected chi connectivity index (χ4v) is 4.46. The van der Waals surface area contributed by atoms with Gasteiger partial charge in [0.15, 0.2) is 5.78 Å². The highest BCUT2D eigenvalue weighted by Crippen LogP contribution is 2.20. The molecule has 0 radical (unpaired) electrons. The molecule has 36 heavy (non-hydrogen) atoms. The number of aryl methyl sites for hydroxylation is 3. The quantitative estimate of drug-likeness (QED) is 0.523. The number of carbonyl (C=O) groups excluding carboxylic acids is 3. The van der Waals surface area contributed by atoms with Crippen LogP contribution in [0.4, 0.5) is 5.69 Å². The molecule has 1 aliphatic heterocycles. The van der Waals surface area contributed by atoms with E-state index in [-0.39, 0.29) is 24.1 Å². The minimum Gasteiger partial charge on any atom is -0.336 e. The van der Waals surface area contributed by atoms with Crippen LogP contribution < -0.4 is 5.32 Å². The van der Waals surface area contributed by atoms with Gasteiger partial charge in [-0.05, 0) is 68.1 Å². The first-order valence-electron chi connectivity index (χ1n) is 12.3. The van der Waals surface area contributed by atoms with E-state index in [9.17, 15) is 14.4 Å². The van der Waals surface area contributed by atoms with Crippen molar-refractivity contribution in [3.05, 3.63) is 99.6 Å². The molecule has 0 atom stereocenters. The maximum absolute atomic E-state index is 13.4. The molecule has 4 rings (SSSR count). The van der Waals surface area contributed by atoms with Crippen molar-refractivity contribution in [2.75, 3.05) is 38.0 Å². The molecule has 2 amide bonds. The van der Waals surface area contributed by atoms with Crippen LogP contribution in [0, 0.1) is 27.7 Å².